The molecule has 0 aliphatic carbocycles. The molecular weight excluding hydrogens is 278 g/mol. The molecule has 0 aromatic heterocycles. The topological polar surface area (TPSA) is 69.4 Å². The molecule has 2 rings (SSSR count). The number of carbonyl (C=O) groups excluding carboxylic acids is 2. The molecule has 0 atom stereocenters. The molecule has 0 bridgehead atoms. The Bertz CT molecular complexity index is 678. The minimum Gasteiger partial charge on any atom is -0.462 e. The number of hydrogen-bond acceptors (Lipinski definition) is 3. The molecule has 0 aliphatic heterocycles. The minimum absolute atomic E-state index is 0.328. The van der Waals surface area contributed by atoms with Crippen molar-refractivity contribution >= 4 is 18.0 Å². The Balaban J connectivity index is 1.84. The number of nitrogens with two attached hydrogens (primary N) is 1. The van der Waals surface area contributed by atoms with E-state index in [4.69, 9.17) is 10.5 Å². The van der Waals surface area contributed by atoms with Gasteiger partial charge in [-0.25, -0.2) is 4.79 Å². The molecule has 2 N–H and O–H groups in total. The van der Waals surface area contributed by atoms with E-state index in [0.717, 1.165) is 11.1 Å². The number of benzene rings is 2. The summed E-state index contributed by atoms with van der Waals surface area (Å²) in [6.07, 6.45) is 3.61. The van der Waals surface area contributed by atoms with Gasteiger partial charge in [-0.05, 0) is 29.3 Å². The summed E-state index contributed by atoms with van der Waals surface area (Å²) in [5.74, 6) is -0.916. The summed E-state index contributed by atoms with van der Waals surface area (Å²) in [6, 6.07) is 16.5. The Morgan fingerprint density at radius 1 is 1.05 bits per heavy atom. The Morgan fingerprint density at radius 3 is 2.55 bits per heavy atom. The molecule has 0 heterocycles. The summed E-state index contributed by atoms with van der Waals surface area (Å²) in [4.78, 5) is 22.7. The van der Waals surface area contributed by atoms with Crippen molar-refractivity contribution < 1.29 is 14.3 Å². The van der Waals surface area contributed by atoms with Gasteiger partial charge in [0.25, 0.3) is 0 Å². The van der Waals surface area contributed by atoms with Gasteiger partial charge in [0, 0.05) is 18.1 Å². The molecule has 2 aromatic carbocycles. The van der Waals surface area contributed by atoms with Crippen LogP contribution in [0.25, 0.3) is 6.08 Å². The number of ether oxygens (including phenoxy) is 1. The molecule has 112 valence electrons. The predicted octanol–water partition coefficient (Wildman–Crippen LogP) is 2.58. The number of rotatable bonds is 6. The van der Waals surface area contributed by atoms with E-state index in [0.29, 0.717) is 18.6 Å². The van der Waals surface area contributed by atoms with E-state index in [9.17, 15) is 9.59 Å². The largest absolute Gasteiger partial charge is 0.462 e. The third-order valence-electron chi connectivity index (χ3n) is 3.06. The SMILES string of the molecule is NC(=O)c1cccc(/C=C/C(=O)OCCc2ccccc2)c1. The first kappa shape index (κ1) is 15.5. The Hall–Kier alpha value is -2.88. The van der Waals surface area contributed by atoms with Crippen molar-refractivity contribution in [1.29, 1.82) is 0 Å². The van der Waals surface area contributed by atoms with E-state index in [1.54, 1.807) is 30.3 Å². The maximum Gasteiger partial charge on any atom is 0.330 e. The van der Waals surface area contributed by atoms with E-state index in [1.807, 2.05) is 30.3 Å². The van der Waals surface area contributed by atoms with Gasteiger partial charge < -0.3 is 10.5 Å². The first-order chi connectivity index (χ1) is 10.6. The highest BCUT2D eigenvalue weighted by molar-refractivity contribution is 5.94. The Kier molecular flexibility index (Phi) is 5.49. The second-order valence-corrected chi connectivity index (χ2v) is 4.73. The maximum atomic E-state index is 11.6. The predicted molar refractivity (Wildman–Crippen MR) is 85.1 cm³/mol. The van der Waals surface area contributed by atoms with Crippen molar-refractivity contribution in [3.8, 4) is 0 Å². The van der Waals surface area contributed by atoms with Crippen LogP contribution < -0.4 is 5.73 Å². The van der Waals surface area contributed by atoms with Crippen molar-refractivity contribution in [1.82, 2.24) is 0 Å². The lowest BCUT2D eigenvalue weighted by Crippen LogP contribution is -2.10. The lowest BCUT2D eigenvalue weighted by Gasteiger charge is -2.02. The smallest absolute Gasteiger partial charge is 0.330 e. The fourth-order valence-electron chi connectivity index (χ4n) is 1.92. The average Bonchev–Trinajstić information content (AvgIpc) is 2.54. The third-order valence-corrected chi connectivity index (χ3v) is 3.06. The lowest BCUT2D eigenvalue weighted by atomic mass is 10.1. The van der Waals surface area contributed by atoms with Crippen molar-refractivity contribution in [3.05, 3.63) is 77.4 Å². The molecular formula is C18H17NO3. The van der Waals surface area contributed by atoms with Gasteiger partial charge in [-0.3, -0.25) is 4.79 Å². The van der Waals surface area contributed by atoms with Gasteiger partial charge in [0.15, 0.2) is 0 Å². The number of hydrogen-bond donors (Lipinski definition) is 1. The number of carbonyl (C=O) groups is 2. The molecule has 0 fully saturated rings. The number of esters is 1. The van der Waals surface area contributed by atoms with Crippen LogP contribution in [0.2, 0.25) is 0 Å². The molecule has 1 amide bonds. The molecule has 4 nitrogen and oxygen atoms in total. The molecule has 0 spiro atoms. The fourth-order valence-corrected chi connectivity index (χ4v) is 1.92. The fraction of sp³-hybridized carbons (Fsp3) is 0.111. The highest BCUT2D eigenvalue weighted by Gasteiger charge is 2.01. The molecule has 0 unspecified atom stereocenters. The highest BCUT2D eigenvalue weighted by atomic mass is 16.5. The molecule has 4 heteroatoms. The first-order valence-corrected chi connectivity index (χ1v) is 6.94. The van der Waals surface area contributed by atoms with Crippen LogP contribution >= 0.6 is 0 Å². The van der Waals surface area contributed by atoms with Gasteiger partial charge in [0.05, 0.1) is 6.61 Å². The quantitative estimate of drug-likeness (QED) is 0.658. The van der Waals surface area contributed by atoms with E-state index in [-0.39, 0.29) is 0 Å². The second kappa shape index (κ2) is 7.78. The maximum absolute atomic E-state index is 11.6. The summed E-state index contributed by atoms with van der Waals surface area (Å²) >= 11 is 0. The van der Waals surface area contributed by atoms with E-state index in [2.05, 4.69) is 0 Å². The van der Waals surface area contributed by atoms with Crippen LogP contribution in [-0.4, -0.2) is 18.5 Å². The molecule has 0 saturated heterocycles. The summed E-state index contributed by atoms with van der Waals surface area (Å²) in [5.41, 5.74) is 7.45. The van der Waals surface area contributed by atoms with Gasteiger partial charge in [-0.15, -0.1) is 0 Å². The minimum atomic E-state index is -0.499. The van der Waals surface area contributed by atoms with Crippen LogP contribution in [0.5, 0.6) is 0 Å². The van der Waals surface area contributed by atoms with Crippen molar-refractivity contribution in [2.24, 2.45) is 5.73 Å². The van der Waals surface area contributed by atoms with Crippen LogP contribution in [0, 0.1) is 0 Å². The van der Waals surface area contributed by atoms with Crippen LogP contribution in [0.4, 0.5) is 0 Å². The van der Waals surface area contributed by atoms with Gasteiger partial charge in [0.2, 0.25) is 5.91 Å². The highest BCUT2D eigenvalue weighted by Crippen LogP contribution is 2.07. The van der Waals surface area contributed by atoms with Crippen LogP contribution in [-0.2, 0) is 16.0 Å². The summed E-state index contributed by atoms with van der Waals surface area (Å²) in [5, 5.41) is 0. The zero-order valence-corrected chi connectivity index (χ0v) is 12.1. The molecule has 0 aliphatic rings. The second-order valence-electron chi connectivity index (χ2n) is 4.73. The monoisotopic (exact) mass is 295 g/mol. The lowest BCUT2D eigenvalue weighted by molar-refractivity contribution is -0.137. The van der Waals surface area contributed by atoms with Gasteiger partial charge in [0.1, 0.15) is 0 Å². The third kappa shape index (κ3) is 4.90. The van der Waals surface area contributed by atoms with E-state index >= 15 is 0 Å². The summed E-state index contributed by atoms with van der Waals surface area (Å²) < 4.78 is 5.13. The van der Waals surface area contributed by atoms with Gasteiger partial charge in [-0.2, -0.15) is 0 Å². The molecule has 0 radical (unpaired) electrons. The van der Waals surface area contributed by atoms with Crippen LogP contribution in [0.15, 0.2) is 60.7 Å². The summed E-state index contributed by atoms with van der Waals surface area (Å²) in [6.45, 7) is 0.328. The molecule has 22 heavy (non-hydrogen) atoms. The molecule has 2 aromatic rings. The van der Waals surface area contributed by atoms with Crippen LogP contribution in [0.1, 0.15) is 21.5 Å². The van der Waals surface area contributed by atoms with Gasteiger partial charge >= 0.3 is 5.97 Å². The van der Waals surface area contributed by atoms with Crippen molar-refractivity contribution in [3.63, 3.8) is 0 Å². The zero-order valence-electron chi connectivity index (χ0n) is 12.1. The summed E-state index contributed by atoms with van der Waals surface area (Å²) in [7, 11) is 0. The van der Waals surface area contributed by atoms with Gasteiger partial charge in [-0.1, -0.05) is 42.5 Å². The van der Waals surface area contributed by atoms with E-state index < -0.39 is 11.9 Å². The first-order valence-electron chi connectivity index (χ1n) is 6.94. The standard InChI is InChI=1S/C18H17NO3/c19-18(21)16-8-4-7-15(13-16)9-10-17(20)22-12-11-14-5-2-1-3-6-14/h1-10,13H,11-12H2,(H2,19,21)/b10-9+. The number of primary amides is 1. The average molecular weight is 295 g/mol. The van der Waals surface area contributed by atoms with E-state index in [1.165, 1.54) is 6.08 Å². The van der Waals surface area contributed by atoms with Crippen molar-refractivity contribution in [2.75, 3.05) is 6.61 Å². The number of amides is 1. The molecule has 0 saturated carbocycles. The van der Waals surface area contributed by atoms with Crippen LogP contribution in [0.3, 0.4) is 0 Å². The normalized spacial score (nSPS) is 10.5. The zero-order chi connectivity index (χ0) is 15.8. The van der Waals surface area contributed by atoms with Crippen molar-refractivity contribution in [2.45, 2.75) is 6.42 Å². The Morgan fingerprint density at radius 2 is 1.82 bits per heavy atom. The Labute approximate surface area is 129 Å².